The van der Waals surface area contributed by atoms with Crippen molar-refractivity contribution in [1.29, 1.82) is 5.26 Å². The number of piperidine rings is 1. The SMILES string of the molecule is C[C@H]1Nc2ncnc3c2cc(C2(C#N)CC2)c(=O)n3CCCCCCC(CF)N2CCC(CC2)C(F)(F)c2cccc1c2F. The van der Waals surface area contributed by atoms with E-state index in [1.807, 2.05) is 4.90 Å². The van der Waals surface area contributed by atoms with Gasteiger partial charge in [-0.3, -0.25) is 14.3 Å². The van der Waals surface area contributed by atoms with Crippen LogP contribution in [-0.4, -0.2) is 45.2 Å². The first-order valence-corrected chi connectivity index (χ1v) is 15.7. The Hall–Kier alpha value is -3.52. The molecule has 1 saturated carbocycles. The summed E-state index contributed by atoms with van der Waals surface area (Å²) >= 11 is 0. The summed E-state index contributed by atoms with van der Waals surface area (Å²) in [5.41, 5.74) is -0.901. The molecule has 1 unspecified atom stereocenters. The molecule has 0 amide bonds. The van der Waals surface area contributed by atoms with E-state index >= 15 is 13.2 Å². The normalized spacial score (nSPS) is 26.8. The Bertz CT molecular complexity index is 1620. The summed E-state index contributed by atoms with van der Waals surface area (Å²) in [7, 11) is 0. The van der Waals surface area contributed by atoms with E-state index in [-0.39, 0.29) is 30.0 Å². The van der Waals surface area contributed by atoms with Gasteiger partial charge in [0.2, 0.25) is 0 Å². The maximum absolute atomic E-state index is 16.0. The van der Waals surface area contributed by atoms with Gasteiger partial charge < -0.3 is 5.32 Å². The van der Waals surface area contributed by atoms with Gasteiger partial charge in [0.15, 0.2) is 0 Å². The largest absolute Gasteiger partial charge is 0.363 e. The molecule has 0 spiro atoms. The van der Waals surface area contributed by atoms with Crippen LogP contribution in [0.3, 0.4) is 0 Å². The van der Waals surface area contributed by atoms with E-state index in [2.05, 4.69) is 21.4 Å². The van der Waals surface area contributed by atoms with E-state index in [1.165, 1.54) is 18.5 Å². The standard InChI is InChI=1S/C33H38F4N6O/c1-21-24-8-6-9-26(28(24)35)33(36,37)22-10-15-42(16-11-22)23(18-34)7-4-2-3-5-14-43-30-25(29(41-21)39-20-40-30)17-27(31(43)44)32(19-38)12-13-32/h6,8-9,17,20-23H,2-5,7,10-16,18H2,1H3,(H,39,40,41)/t21-,23?/m1/s1. The highest BCUT2D eigenvalue weighted by molar-refractivity contribution is 5.87. The minimum atomic E-state index is -3.39. The third-order valence-corrected chi connectivity index (χ3v) is 9.98. The summed E-state index contributed by atoms with van der Waals surface area (Å²) in [6.07, 6.45) is 6.57. The third kappa shape index (κ3) is 5.46. The molecule has 1 aliphatic carbocycles. The Morgan fingerprint density at radius 1 is 1.05 bits per heavy atom. The zero-order chi connectivity index (χ0) is 31.1. The number of rotatable bonds is 2. The second-order valence-electron chi connectivity index (χ2n) is 12.7. The first-order chi connectivity index (χ1) is 21.2. The average Bonchev–Trinajstić information content (AvgIpc) is 3.82. The van der Waals surface area contributed by atoms with Crippen molar-refractivity contribution < 1.29 is 17.6 Å². The molecule has 5 heterocycles. The number of benzene rings is 1. The number of alkyl halides is 3. The molecule has 234 valence electrons. The number of nitrogens with zero attached hydrogens (tertiary/aromatic N) is 5. The minimum Gasteiger partial charge on any atom is -0.363 e. The lowest BCUT2D eigenvalue weighted by molar-refractivity contribution is -0.0917. The fourth-order valence-corrected chi connectivity index (χ4v) is 7.05. The lowest BCUT2D eigenvalue weighted by atomic mass is 9.84. The summed E-state index contributed by atoms with van der Waals surface area (Å²) in [4.78, 5) is 24.5. The molecule has 1 N–H and O–H groups in total. The monoisotopic (exact) mass is 610 g/mol. The van der Waals surface area contributed by atoms with E-state index in [0.717, 1.165) is 25.3 Å². The molecule has 8 bridgehead atoms. The van der Waals surface area contributed by atoms with Crippen molar-refractivity contribution in [1.82, 2.24) is 19.4 Å². The smallest absolute Gasteiger partial charge is 0.278 e. The number of nitriles is 1. The summed E-state index contributed by atoms with van der Waals surface area (Å²) in [6, 6.07) is 6.98. The molecule has 3 aromatic rings. The Morgan fingerprint density at radius 3 is 2.50 bits per heavy atom. The van der Waals surface area contributed by atoms with Crippen LogP contribution in [0.25, 0.3) is 11.0 Å². The molecular weight excluding hydrogens is 572 g/mol. The fraction of sp³-hybridized carbons (Fsp3) is 0.576. The Morgan fingerprint density at radius 2 is 1.80 bits per heavy atom. The number of halogens is 4. The molecule has 2 fully saturated rings. The van der Waals surface area contributed by atoms with Crippen LogP contribution >= 0.6 is 0 Å². The van der Waals surface area contributed by atoms with Crippen molar-refractivity contribution >= 4 is 16.9 Å². The number of hydrogen-bond donors (Lipinski definition) is 1. The summed E-state index contributed by atoms with van der Waals surface area (Å²) < 4.78 is 63.4. The summed E-state index contributed by atoms with van der Waals surface area (Å²) in [5, 5.41) is 13.6. The van der Waals surface area contributed by atoms with Gasteiger partial charge in [0.05, 0.1) is 28.5 Å². The van der Waals surface area contributed by atoms with Crippen molar-refractivity contribution in [2.24, 2.45) is 5.92 Å². The molecule has 44 heavy (non-hydrogen) atoms. The van der Waals surface area contributed by atoms with Crippen molar-refractivity contribution in [2.45, 2.75) is 94.7 Å². The predicted octanol–water partition coefficient (Wildman–Crippen LogP) is 6.76. The van der Waals surface area contributed by atoms with E-state index in [1.54, 1.807) is 17.6 Å². The fourth-order valence-electron chi connectivity index (χ4n) is 7.05. The van der Waals surface area contributed by atoms with Gasteiger partial charge in [-0.1, -0.05) is 37.5 Å². The van der Waals surface area contributed by atoms with Crippen molar-refractivity contribution in [2.75, 3.05) is 25.1 Å². The number of aryl methyl sites for hydroxylation is 1. The zero-order valence-electron chi connectivity index (χ0n) is 25.0. The summed E-state index contributed by atoms with van der Waals surface area (Å²) in [6.45, 7) is 2.22. The van der Waals surface area contributed by atoms with Gasteiger partial charge in [-0.2, -0.15) is 5.26 Å². The van der Waals surface area contributed by atoms with Crippen LogP contribution in [0.2, 0.25) is 0 Å². The second-order valence-corrected chi connectivity index (χ2v) is 12.7. The highest BCUT2D eigenvalue weighted by atomic mass is 19.3. The molecule has 3 aliphatic heterocycles. The molecular formula is C33H38F4N6O. The van der Waals surface area contributed by atoms with E-state index in [4.69, 9.17) is 0 Å². The summed E-state index contributed by atoms with van der Waals surface area (Å²) in [5.74, 6) is -5.07. The number of nitrogens with one attached hydrogen (secondary N) is 1. The lowest BCUT2D eigenvalue weighted by Crippen LogP contribution is -2.45. The molecule has 7 nitrogen and oxygen atoms in total. The maximum atomic E-state index is 16.0. The highest BCUT2D eigenvalue weighted by Crippen LogP contribution is 2.47. The number of fused-ring (bicyclic) bond motifs is 9. The van der Waals surface area contributed by atoms with Crippen molar-refractivity contribution in [3.05, 3.63) is 63.5 Å². The van der Waals surface area contributed by atoms with Gasteiger partial charge in [0, 0.05) is 29.6 Å². The zero-order valence-corrected chi connectivity index (χ0v) is 25.0. The second kappa shape index (κ2) is 12.1. The Kier molecular flexibility index (Phi) is 8.40. The van der Waals surface area contributed by atoms with Gasteiger partial charge in [0.25, 0.3) is 11.5 Å². The first-order valence-electron chi connectivity index (χ1n) is 15.7. The van der Waals surface area contributed by atoms with Crippen LogP contribution in [0, 0.1) is 23.1 Å². The minimum absolute atomic E-state index is 0.0685. The van der Waals surface area contributed by atoms with Crippen LogP contribution in [0.1, 0.15) is 87.4 Å². The average molecular weight is 611 g/mol. The molecule has 2 aromatic heterocycles. The Labute approximate surface area is 254 Å². The van der Waals surface area contributed by atoms with Gasteiger partial charge in [0.1, 0.15) is 30.3 Å². The molecule has 0 radical (unpaired) electrons. The molecule has 4 aliphatic rings. The molecule has 7 rings (SSSR count). The van der Waals surface area contributed by atoms with Gasteiger partial charge >= 0.3 is 0 Å². The Balaban J connectivity index is 1.43. The van der Waals surface area contributed by atoms with Crippen LogP contribution in [0.5, 0.6) is 0 Å². The number of anilines is 1. The lowest BCUT2D eigenvalue weighted by Gasteiger charge is -2.39. The molecule has 11 heteroatoms. The highest BCUT2D eigenvalue weighted by Gasteiger charge is 2.48. The molecule has 2 atom stereocenters. The van der Waals surface area contributed by atoms with Crippen molar-refractivity contribution in [3.63, 3.8) is 0 Å². The van der Waals surface area contributed by atoms with Gasteiger partial charge in [-0.05, 0) is 64.6 Å². The van der Waals surface area contributed by atoms with E-state index in [9.17, 15) is 14.4 Å². The first kappa shape index (κ1) is 30.5. The van der Waals surface area contributed by atoms with E-state index in [0.29, 0.717) is 67.7 Å². The molecule has 1 saturated heterocycles. The van der Waals surface area contributed by atoms with Crippen LogP contribution in [0.15, 0.2) is 35.4 Å². The van der Waals surface area contributed by atoms with Gasteiger partial charge in [-0.15, -0.1) is 0 Å². The third-order valence-electron chi connectivity index (χ3n) is 9.98. The number of pyridine rings is 1. The van der Waals surface area contributed by atoms with Gasteiger partial charge in [-0.25, -0.2) is 27.5 Å². The maximum Gasteiger partial charge on any atom is 0.278 e. The number of aromatic nitrogens is 3. The van der Waals surface area contributed by atoms with Crippen LogP contribution in [-0.2, 0) is 17.9 Å². The van der Waals surface area contributed by atoms with Crippen LogP contribution < -0.4 is 10.9 Å². The van der Waals surface area contributed by atoms with Crippen molar-refractivity contribution in [3.8, 4) is 6.07 Å². The predicted molar refractivity (Wildman–Crippen MR) is 160 cm³/mol. The molecule has 1 aromatic carbocycles. The van der Waals surface area contributed by atoms with Crippen LogP contribution in [0.4, 0.5) is 23.4 Å². The van der Waals surface area contributed by atoms with E-state index < -0.39 is 41.4 Å². The number of hydrogen-bond acceptors (Lipinski definition) is 6. The quantitative estimate of drug-likeness (QED) is 0.323. The topological polar surface area (TPSA) is 86.8 Å².